The first-order valence-corrected chi connectivity index (χ1v) is 7.83. The molecular formula is C16H13NO2S2. The van der Waals surface area contributed by atoms with Crippen LogP contribution in [-0.4, -0.2) is 15.5 Å². The summed E-state index contributed by atoms with van der Waals surface area (Å²) in [7, 11) is 0. The Labute approximate surface area is 132 Å². The highest BCUT2D eigenvalue weighted by atomic mass is 32.2. The second-order valence-corrected chi connectivity index (χ2v) is 6.53. The van der Waals surface area contributed by atoms with Crippen molar-refractivity contribution in [1.29, 1.82) is 0 Å². The lowest BCUT2D eigenvalue weighted by Crippen LogP contribution is -2.25. The quantitative estimate of drug-likeness (QED) is 0.876. The number of carbonyl (C=O) groups excluding carboxylic acids is 1. The van der Waals surface area contributed by atoms with E-state index >= 15 is 0 Å². The van der Waals surface area contributed by atoms with Gasteiger partial charge in [0.25, 0.3) is 0 Å². The van der Waals surface area contributed by atoms with E-state index in [0.717, 1.165) is 17.1 Å². The lowest BCUT2D eigenvalue weighted by molar-refractivity contribution is -0.118. The van der Waals surface area contributed by atoms with E-state index in [1.165, 1.54) is 11.8 Å². The monoisotopic (exact) mass is 315 g/mol. The zero-order chi connectivity index (χ0) is 14.7. The van der Waals surface area contributed by atoms with E-state index in [-0.39, 0.29) is 11.2 Å². The average Bonchev–Trinajstić information content (AvgIpc) is 2.80. The van der Waals surface area contributed by atoms with E-state index < -0.39 is 0 Å². The van der Waals surface area contributed by atoms with Gasteiger partial charge in [0.05, 0.1) is 5.25 Å². The smallest absolute Gasteiger partial charge is 0.239 e. The number of rotatable bonds is 4. The van der Waals surface area contributed by atoms with Crippen molar-refractivity contribution in [2.24, 2.45) is 0 Å². The van der Waals surface area contributed by atoms with Gasteiger partial charge in [-0.1, -0.05) is 54.3 Å². The Morgan fingerprint density at radius 1 is 1.05 bits per heavy atom. The first-order valence-electron chi connectivity index (χ1n) is 6.54. The number of nitrogens with one attached hydrogen (secondary N) is 1. The normalized spacial score (nSPS) is 17.6. The Bertz CT molecular complexity index is 656. The predicted octanol–water partition coefficient (Wildman–Crippen LogP) is 3.54. The molecule has 0 aliphatic carbocycles. The van der Waals surface area contributed by atoms with Crippen LogP contribution < -0.4 is 10.1 Å². The largest absolute Gasteiger partial charge is 0.457 e. The van der Waals surface area contributed by atoms with Crippen LogP contribution in [0.1, 0.15) is 5.56 Å². The highest BCUT2D eigenvalue weighted by Crippen LogP contribution is 2.25. The summed E-state index contributed by atoms with van der Waals surface area (Å²) in [5, 5.41) is 2.54. The van der Waals surface area contributed by atoms with E-state index in [1.807, 2.05) is 54.6 Å². The molecule has 2 aromatic carbocycles. The highest BCUT2D eigenvalue weighted by Gasteiger charge is 2.28. The fraction of sp³-hybridized carbons (Fsp3) is 0.125. The molecule has 1 saturated heterocycles. The average molecular weight is 315 g/mol. The standard InChI is InChI=1S/C16H13NO2S2/c18-15-14(21-16(20)17-15)10-11-6-8-13(9-7-11)19-12-4-2-1-3-5-12/h1-9,14H,10H2,(H,17,18,20). The molecule has 1 aliphatic rings. The topological polar surface area (TPSA) is 38.3 Å². The number of thioether (sulfide) groups is 1. The number of thiocarbonyl (C=S) groups is 1. The Morgan fingerprint density at radius 3 is 2.33 bits per heavy atom. The van der Waals surface area contributed by atoms with Crippen LogP contribution in [0.4, 0.5) is 0 Å². The van der Waals surface area contributed by atoms with Crippen molar-refractivity contribution in [3.63, 3.8) is 0 Å². The summed E-state index contributed by atoms with van der Waals surface area (Å²) in [5.74, 6) is 1.58. The van der Waals surface area contributed by atoms with Gasteiger partial charge < -0.3 is 10.1 Å². The molecule has 0 spiro atoms. The zero-order valence-electron chi connectivity index (χ0n) is 11.1. The van der Waals surface area contributed by atoms with Crippen LogP contribution in [0.5, 0.6) is 11.5 Å². The molecule has 1 amide bonds. The van der Waals surface area contributed by atoms with E-state index in [9.17, 15) is 4.79 Å². The zero-order valence-corrected chi connectivity index (χ0v) is 12.7. The minimum Gasteiger partial charge on any atom is -0.457 e. The van der Waals surface area contributed by atoms with Crippen LogP contribution in [0.3, 0.4) is 0 Å². The molecule has 0 bridgehead atoms. The summed E-state index contributed by atoms with van der Waals surface area (Å²) in [6, 6.07) is 17.4. The fourth-order valence-electron chi connectivity index (χ4n) is 2.06. The maximum atomic E-state index is 11.7. The Balaban J connectivity index is 1.64. The van der Waals surface area contributed by atoms with Gasteiger partial charge in [-0.25, -0.2) is 0 Å². The number of hydrogen-bond acceptors (Lipinski definition) is 4. The maximum absolute atomic E-state index is 11.7. The number of carbonyl (C=O) groups is 1. The first kappa shape index (κ1) is 14.1. The molecule has 1 N–H and O–H groups in total. The van der Waals surface area contributed by atoms with E-state index in [2.05, 4.69) is 5.32 Å². The van der Waals surface area contributed by atoms with Gasteiger partial charge in [0, 0.05) is 0 Å². The van der Waals surface area contributed by atoms with E-state index in [4.69, 9.17) is 17.0 Å². The van der Waals surface area contributed by atoms with Crippen LogP contribution in [0.25, 0.3) is 0 Å². The third-order valence-corrected chi connectivity index (χ3v) is 4.46. The van der Waals surface area contributed by atoms with Crippen molar-refractivity contribution < 1.29 is 9.53 Å². The number of benzene rings is 2. The summed E-state index contributed by atoms with van der Waals surface area (Å²) in [4.78, 5) is 11.7. The van der Waals surface area contributed by atoms with Crippen LogP contribution in [0.15, 0.2) is 54.6 Å². The summed E-state index contributed by atoms with van der Waals surface area (Å²) < 4.78 is 6.30. The number of para-hydroxylation sites is 1. The molecule has 0 radical (unpaired) electrons. The minimum atomic E-state index is -0.126. The van der Waals surface area contributed by atoms with Gasteiger partial charge in [-0.2, -0.15) is 0 Å². The van der Waals surface area contributed by atoms with Crippen LogP contribution in [0, 0.1) is 0 Å². The summed E-state index contributed by atoms with van der Waals surface area (Å²) >= 11 is 6.41. The van der Waals surface area contributed by atoms with Crippen LogP contribution in [0.2, 0.25) is 0 Å². The summed E-state index contributed by atoms with van der Waals surface area (Å²) in [6.45, 7) is 0. The number of amides is 1. The van der Waals surface area contributed by atoms with Gasteiger partial charge >= 0.3 is 0 Å². The van der Waals surface area contributed by atoms with Gasteiger partial charge in [-0.3, -0.25) is 4.79 Å². The van der Waals surface area contributed by atoms with Crippen LogP contribution >= 0.6 is 24.0 Å². The molecule has 1 fully saturated rings. The van der Waals surface area contributed by atoms with Crippen molar-refractivity contribution in [3.8, 4) is 11.5 Å². The second-order valence-electron chi connectivity index (χ2n) is 4.65. The van der Waals surface area contributed by atoms with Crippen molar-refractivity contribution in [1.82, 2.24) is 5.32 Å². The van der Waals surface area contributed by atoms with Crippen molar-refractivity contribution in [3.05, 3.63) is 60.2 Å². The summed E-state index contributed by atoms with van der Waals surface area (Å²) in [5.41, 5.74) is 1.09. The van der Waals surface area contributed by atoms with Crippen molar-refractivity contribution in [2.45, 2.75) is 11.7 Å². The van der Waals surface area contributed by atoms with E-state index in [0.29, 0.717) is 10.7 Å². The third-order valence-electron chi connectivity index (χ3n) is 3.09. The first-order chi connectivity index (χ1) is 10.2. The van der Waals surface area contributed by atoms with Gasteiger partial charge in [0.2, 0.25) is 5.91 Å². The Morgan fingerprint density at radius 2 is 1.71 bits per heavy atom. The van der Waals surface area contributed by atoms with Gasteiger partial charge in [0.15, 0.2) is 0 Å². The molecule has 21 heavy (non-hydrogen) atoms. The molecular weight excluding hydrogens is 302 g/mol. The Hall–Kier alpha value is -1.85. The summed E-state index contributed by atoms with van der Waals surface area (Å²) in [6.07, 6.45) is 0.669. The SMILES string of the molecule is O=C1NC(=S)SC1Cc1ccc(Oc2ccccc2)cc1. The molecule has 0 saturated carbocycles. The molecule has 5 heteroatoms. The third kappa shape index (κ3) is 3.62. The van der Waals surface area contributed by atoms with Gasteiger partial charge in [-0.15, -0.1) is 0 Å². The van der Waals surface area contributed by atoms with Crippen LogP contribution in [-0.2, 0) is 11.2 Å². The molecule has 2 aromatic rings. The molecule has 1 unspecified atom stereocenters. The second kappa shape index (κ2) is 6.28. The molecule has 3 rings (SSSR count). The van der Waals surface area contributed by atoms with E-state index in [1.54, 1.807) is 0 Å². The lowest BCUT2D eigenvalue weighted by atomic mass is 10.1. The Kier molecular flexibility index (Phi) is 4.22. The minimum absolute atomic E-state index is 0.00499. The van der Waals surface area contributed by atoms with Crippen molar-refractivity contribution in [2.75, 3.05) is 0 Å². The molecule has 3 nitrogen and oxygen atoms in total. The highest BCUT2D eigenvalue weighted by molar-refractivity contribution is 8.24. The molecule has 1 heterocycles. The molecule has 1 atom stereocenters. The number of ether oxygens (including phenoxy) is 1. The maximum Gasteiger partial charge on any atom is 0.239 e. The molecule has 0 aromatic heterocycles. The molecule has 106 valence electrons. The van der Waals surface area contributed by atoms with Crippen molar-refractivity contribution >= 4 is 34.2 Å². The predicted molar refractivity (Wildman–Crippen MR) is 88.8 cm³/mol. The van der Waals surface area contributed by atoms with Gasteiger partial charge in [0.1, 0.15) is 15.8 Å². The lowest BCUT2D eigenvalue weighted by Gasteiger charge is -2.08. The molecule has 1 aliphatic heterocycles. The number of hydrogen-bond donors (Lipinski definition) is 1. The van der Waals surface area contributed by atoms with Gasteiger partial charge in [-0.05, 0) is 36.2 Å². The fourth-order valence-corrected chi connectivity index (χ4v) is 3.37.